The first-order valence-corrected chi connectivity index (χ1v) is 5.22. The van der Waals surface area contributed by atoms with Crippen molar-refractivity contribution in [1.29, 1.82) is 0 Å². The Morgan fingerprint density at radius 3 is 2.86 bits per heavy atom. The fraction of sp³-hybridized carbons (Fsp3) is 0.400. The molecule has 0 amide bonds. The molecule has 0 aliphatic rings. The van der Waals surface area contributed by atoms with Crippen LogP contribution in [-0.4, -0.2) is 18.3 Å². The van der Waals surface area contributed by atoms with Crippen molar-refractivity contribution in [1.82, 2.24) is 0 Å². The lowest BCUT2D eigenvalue weighted by atomic mass is 10.2. The molecule has 0 bridgehead atoms. The van der Waals surface area contributed by atoms with E-state index in [-0.39, 0.29) is 18.3 Å². The maximum atomic E-state index is 13.2. The molecule has 0 fully saturated rings. The zero-order chi connectivity index (χ0) is 10.6. The minimum absolute atomic E-state index is 0.102. The molecule has 1 aromatic carbocycles. The Balaban J connectivity index is 2.59. The third kappa shape index (κ3) is 3.27. The molecule has 0 saturated heterocycles. The van der Waals surface area contributed by atoms with Gasteiger partial charge in [0.15, 0.2) is 0 Å². The molecule has 0 spiro atoms. The van der Waals surface area contributed by atoms with Crippen LogP contribution in [0.1, 0.15) is 6.92 Å². The second-order valence-electron chi connectivity index (χ2n) is 3.29. The Kier molecular flexibility index (Phi) is 4.35. The molecule has 2 nitrogen and oxygen atoms in total. The van der Waals surface area contributed by atoms with Crippen molar-refractivity contribution in [3.05, 3.63) is 28.5 Å². The fourth-order valence-corrected chi connectivity index (χ4v) is 1.31. The van der Waals surface area contributed by atoms with E-state index in [1.165, 1.54) is 6.07 Å². The highest BCUT2D eigenvalue weighted by atomic mass is 79.9. The average Bonchev–Trinajstić information content (AvgIpc) is 2.16. The first-order valence-electron chi connectivity index (χ1n) is 4.43. The van der Waals surface area contributed by atoms with E-state index >= 15 is 0 Å². The van der Waals surface area contributed by atoms with Crippen LogP contribution in [0.2, 0.25) is 0 Å². The number of hydrogen-bond acceptors (Lipinski definition) is 2. The maximum absolute atomic E-state index is 13.2. The molecule has 0 radical (unpaired) electrons. The normalized spacial score (nSPS) is 12.6. The van der Waals surface area contributed by atoms with Gasteiger partial charge in [-0.3, -0.25) is 0 Å². The summed E-state index contributed by atoms with van der Waals surface area (Å²) < 4.78 is 14.0. The molecule has 0 heterocycles. The van der Waals surface area contributed by atoms with Gasteiger partial charge in [0, 0.05) is 17.6 Å². The number of rotatable bonds is 4. The van der Waals surface area contributed by atoms with E-state index in [9.17, 15) is 4.39 Å². The molecule has 2 N–H and O–H groups in total. The summed E-state index contributed by atoms with van der Waals surface area (Å²) in [5, 5.41) is 11.7. The van der Waals surface area contributed by atoms with Gasteiger partial charge in [-0.15, -0.1) is 0 Å². The monoisotopic (exact) mass is 261 g/mol. The van der Waals surface area contributed by atoms with Gasteiger partial charge in [-0.1, -0.05) is 22.9 Å². The maximum Gasteiger partial charge on any atom is 0.147 e. The van der Waals surface area contributed by atoms with E-state index in [4.69, 9.17) is 5.11 Å². The van der Waals surface area contributed by atoms with Crippen LogP contribution in [0.4, 0.5) is 10.1 Å². The Hall–Kier alpha value is -0.610. The number of aliphatic hydroxyl groups is 1. The molecule has 0 aliphatic heterocycles. The molecule has 4 heteroatoms. The van der Waals surface area contributed by atoms with Gasteiger partial charge in [0.05, 0.1) is 5.69 Å². The number of nitrogens with one attached hydrogen (secondary N) is 1. The van der Waals surface area contributed by atoms with E-state index < -0.39 is 0 Å². The van der Waals surface area contributed by atoms with E-state index in [2.05, 4.69) is 21.2 Å². The van der Waals surface area contributed by atoms with Crippen molar-refractivity contribution >= 4 is 21.6 Å². The first kappa shape index (κ1) is 11.5. The summed E-state index contributed by atoms with van der Waals surface area (Å²) in [5.41, 5.74) is 0.466. The van der Waals surface area contributed by atoms with Gasteiger partial charge in [-0.25, -0.2) is 4.39 Å². The fourth-order valence-electron chi connectivity index (χ4n) is 0.982. The quantitative estimate of drug-likeness (QED) is 0.874. The summed E-state index contributed by atoms with van der Waals surface area (Å²) in [6, 6.07) is 4.85. The zero-order valence-corrected chi connectivity index (χ0v) is 9.51. The Bertz CT molecular complexity index is 306. The molecular weight excluding hydrogens is 249 g/mol. The highest BCUT2D eigenvalue weighted by molar-refractivity contribution is 9.10. The summed E-state index contributed by atoms with van der Waals surface area (Å²) in [6.07, 6.45) is 0. The van der Waals surface area contributed by atoms with Crippen molar-refractivity contribution in [2.24, 2.45) is 5.92 Å². The smallest absolute Gasteiger partial charge is 0.147 e. The second-order valence-corrected chi connectivity index (χ2v) is 4.21. The van der Waals surface area contributed by atoms with Gasteiger partial charge in [-0.2, -0.15) is 0 Å². The van der Waals surface area contributed by atoms with Crippen LogP contribution >= 0.6 is 15.9 Å². The largest absolute Gasteiger partial charge is 0.396 e. The van der Waals surface area contributed by atoms with Gasteiger partial charge < -0.3 is 10.4 Å². The van der Waals surface area contributed by atoms with E-state index in [0.29, 0.717) is 12.2 Å². The van der Waals surface area contributed by atoms with Crippen LogP contribution in [0.3, 0.4) is 0 Å². The van der Waals surface area contributed by atoms with E-state index in [1.807, 2.05) is 6.92 Å². The highest BCUT2D eigenvalue weighted by Crippen LogP contribution is 2.19. The summed E-state index contributed by atoms with van der Waals surface area (Å²) in [7, 11) is 0. The van der Waals surface area contributed by atoms with Crippen molar-refractivity contribution in [3.8, 4) is 0 Å². The lowest BCUT2D eigenvalue weighted by Gasteiger charge is -2.11. The van der Waals surface area contributed by atoms with Crippen LogP contribution in [-0.2, 0) is 0 Å². The lowest BCUT2D eigenvalue weighted by Crippen LogP contribution is -2.15. The van der Waals surface area contributed by atoms with E-state index in [1.54, 1.807) is 12.1 Å². The van der Waals surface area contributed by atoms with Crippen molar-refractivity contribution in [2.45, 2.75) is 6.92 Å². The standard InChI is InChI=1S/C10H13BrFNO/c1-7(6-14)5-13-10-3-2-8(11)4-9(10)12/h2-4,7,13-14H,5-6H2,1H3. The third-order valence-corrected chi connectivity index (χ3v) is 2.38. The molecule has 0 aromatic heterocycles. The summed E-state index contributed by atoms with van der Waals surface area (Å²) in [4.78, 5) is 0. The number of aliphatic hydroxyl groups excluding tert-OH is 1. The summed E-state index contributed by atoms with van der Waals surface area (Å²) >= 11 is 3.18. The molecule has 78 valence electrons. The van der Waals surface area contributed by atoms with Crippen molar-refractivity contribution in [2.75, 3.05) is 18.5 Å². The number of benzene rings is 1. The van der Waals surface area contributed by atoms with Crippen molar-refractivity contribution in [3.63, 3.8) is 0 Å². The Morgan fingerprint density at radius 2 is 2.29 bits per heavy atom. The molecule has 1 unspecified atom stereocenters. The van der Waals surface area contributed by atoms with Gasteiger partial charge in [0.1, 0.15) is 5.82 Å². The second kappa shape index (κ2) is 5.32. The van der Waals surface area contributed by atoms with Gasteiger partial charge in [0.25, 0.3) is 0 Å². The molecule has 1 atom stereocenters. The minimum atomic E-state index is -0.287. The SMILES string of the molecule is CC(CO)CNc1ccc(Br)cc1F. The third-order valence-electron chi connectivity index (χ3n) is 1.88. The summed E-state index contributed by atoms with van der Waals surface area (Å²) in [5.74, 6) is -0.164. The Morgan fingerprint density at radius 1 is 1.57 bits per heavy atom. The predicted octanol–water partition coefficient (Wildman–Crippen LogP) is 2.63. The highest BCUT2D eigenvalue weighted by Gasteiger charge is 2.04. The minimum Gasteiger partial charge on any atom is -0.396 e. The molecule has 1 rings (SSSR count). The molecule has 0 saturated carbocycles. The number of anilines is 1. The Labute approximate surface area is 91.3 Å². The van der Waals surface area contributed by atoms with Gasteiger partial charge >= 0.3 is 0 Å². The van der Waals surface area contributed by atoms with E-state index in [0.717, 1.165) is 4.47 Å². The molecular formula is C10H13BrFNO. The zero-order valence-electron chi connectivity index (χ0n) is 7.93. The van der Waals surface area contributed by atoms with Gasteiger partial charge in [0.2, 0.25) is 0 Å². The first-order chi connectivity index (χ1) is 6.63. The van der Waals surface area contributed by atoms with Crippen LogP contribution < -0.4 is 5.32 Å². The predicted molar refractivity (Wildman–Crippen MR) is 58.8 cm³/mol. The molecule has 1 aromatic rings. The average molecular weight is 262 g/mol. The topological polar surface area (TPSA) is 32.3 Å². The molecule has 14 heavy (non-hydrogen) atoms. The van der Waals surface area contributed by atoms with Crippen LogP contribution in [0.25, 0.3) is 0 Å². The number of hydrogen-bond donors (Lipinski definition) is 2. The number of halogens is 2. The molecule has 0 aliphatic carbocycles. The van der Waals surface area contributed by atoms with Crippen LogP contribution in [0, 0.1) is 11.7 Å². The van der Waals surface area contributed by atoms with Crippen LogP contribution in [0.15, 0.2) is 22.7 Å². The summed E-state index contributed by atoms with van der Waals surface area (Å²) in [6.45, 7) is 2.56. The van der Waals surface area contributed by atoms with Gasteiger partial charge in [-0.05, 0) is 24.1 Å². The van der Waals surface area contributed by atoms with Crippen molar-refractivity contribution < 1.29 is 9.50 Å². The lowest BCUT2D eigenvalue weighted by molar-refractivity contribution is 0.244. The van der Waals surface area contributed by atoms with Crippen LogP contribution in [0.5, 0.6) is 0 Å².